The molecule has 1 amide bonds. The molecule has 0 aliphatic rings. The highest BCUT2D eigenvalue weighted by Crippen LogP contribution is 2.21. The summed E-state index contributed by atoms with van der Waals surface area (Å²) in [5.74, 6) is 0.262. The molecule has 1 N–H and O–H groups in total. The first-order valence-corrected chi connectivity index (χ1v) is 7.75. The third-order valence-corrected chi connectivity index (χ3v) is 4.10. The van der Waals surface area contributed by atoms with Crippen LogP contribution in [0.4, 0.5) is 4.39 Å². The molecule has 0 fully saturated rings. The molecule has 1 heterocycles. The molecular formula is C19H19FN2O2. The van der Waals surface area contributed by atoms with E-state index < -0.39 is 0 Å². The van der Waals surface area contributed by atoms with Crippen LogP contribution in [0.5, 0.6) is 5.75 Å². The number of rotatable bonds is 5. The Morgan fingerprint density at radius 1 is 1.21 bits per heavy atom. The van der Waals surface area contributed by atoms with Crippen LogP contribution in [0.25, 0.3) is 10.9 Å². The van der Waals surface area contributed by atoms with E-state index in [0.717, 1.165) is 11.3 Å². The molecule has 0 atom stereocenters. The van der Waals surface area contributed by atoms with Crippen LogP contribution in [0.2, 0.25) is 0 Å². The second kappa shape index (κ2) is 6.74. The molecule has 3 aromatic rings. The third kappa shape index (κ3) is 3.11. The standard InChI is InChI=1S/C19H19FN2O2/c1-22-17-8-4-7-16(20)15(17)12-18(22)19(23)21-10-9-13-5-3-6-14(11-13)24-2/h3-8,11-12H,9-10H2,1-2H3,(H,21,23). The Morgan fingerprint density at radius 3 is 2.75 bits per heavy atom. The van der Waals surface area contributed by atoms with Crippen LogP contribution >= 0.6 is 0 Å². The quantitative estimate of drug-likeness (QED) is 0.782. The van der Waals surface area contributed by atoms with Crippen molar-refractivity contribution in [3.63, 3.8) is 0 Å². The van der Waals surface area contributed by atoms with Gasteiger partial charge in [-0.15, -0.1) is 0 Å². The van der Waals surface area contributed by atoms with Crippen LogP contribution in [0.3, 0.4) is 0 Å². The largest absolute Gasteiger partial charge is 0.497 e. The van der Waals surface area contributed by atoms with Crippen LogP contribution < -0.4 is 10.1 Å². The number of carbonyl (C=O) groups is 1. The fourth-order valence-electron chi connectivity index (χ4n) is 2.78. The van der Waals surface area contributed by atoms with E-state index in [0.29, 0.717) is 29.6 Å². The molecule has 24 heavy (non-hydrogen) atoms. The van der Waals surface area contributed by atoms with Gasteiger partial charge in [-0.2, -0.15) is 0 Å². The van der Waals surface area contributed by atoms with Gasteiger partial charge in [0.15, 0.2) is 0 Å². The molecule has 0 saturated heterocycles. The minimum Gasteiger partial charge on any atom is -0.497 e. The van der Waals surface area contributed by atoms with Gasteiger partial charge in [-0.1, -0.05) is 18.2 Å². The average molecular weight is 326 g/mol. The van der Waals surface area contributed by atoms with E-state index in [1.54, 1.807) is 36.9 Å². The molecule has 124 valence electrons. The van der Waals surface area contributed by atoms with Crippen LogP contribution in [0.1, 0.15) is 16.1 Å². The first-order chi connectivity index (χ1) is 11.6. The fourth-order valence-corrected chi connectivity index (χ4v) is 2.78. The summed E-state index contributed by atoms with van der Waals surface area (Å²) in [5, 5.41) is 3.34. The number of carbonyl (C=O) groups excluding carboxylic acids is 1. The Morgan fingerprint density at radius 2 is 2.00 bits per heavy atom. The van der Waals surface area contributed by atoms with Crippen molar-refractivity contribution in [3.05, 3.63) is 65.6 Å². The third-order valence-electron chi connectivity index (χ3n) is 4.10. The van der Waals surface area contributed by atoms with E-state index in [1.807, 2.05) is 24.3 Å². The molecule has 0 spiro atoms. The number of benzene rings is 2. The van der Waals surface area contributed by atoms with Gasteiger partial charge in [0.1, 0.15) is 17.3 Å². The van der Waals surface area contributed by atoms with E-state index in [9.17, 15) is 9.18 Å². The molecule has 2 aromatic carbocycles. The summed E-state index contributed by atoms with van der Waals surface area (Å²) in [6.45, 7) is 0.496. The Labute approximate surface area is 139 Å². The first kappa shape index (κ1) is 16.1. The minimum atomic E-state index is -0.321. The van der Waals surface area contributed by atoms with E-state index in [1.165, 1.54) is 6.07 Å². The topological polar surface area (TPSA) is 43.3 Å². The zero-order valence-electron chi connectivity index (χ0n) is 13.7. The first-order valence-electron chi connectivity index (χ1n) is 7.75. The maximum absolute atomic E-state index is 13.8. The Balaban J connectivity index is 1.69. The Bertz CT molecular complexity index is 886. The highest BCUT2D eigenvalue weighted by Gasteiger charge is 2.14. The normalized spacial score (nSPS) is 10.8. The van der Waals surface area contributed by atoms with Crippen LogP contribution in [-0.2, 0) is 13.5 Å². The number of fused-ring (bicyclic) bond motifs is 1. The highest BCUT2D eigenvalue weighted by molar-refractivity contribution is 5.98. The van der Waals surface area contributed by atoms with Crippen LogP contribution in [0, 0.1) is 5.82 Å². The van der Waals surface area contributed by atoms with Crippen molar-refractivity contribution in [2.45, 2.75) is 6.42 Å². The van der Waals surface area contributed by atoms with Crippen molar-refractivity contribution in [2.75, 3.05) is 13.7 Å². The predicted molar refractivity (Wildman–Crippen MR) is 91.9 cm³/mol. The summed E-state index contributed by atoms with van der Waals surface area (Å²) in [6, 6.07) is 14.2. The maximum Gasteiger partial charge on any atom is 0.267 e. The summed E-state index contributed by atoms with van der Waals surface area (Å²) in [7, 11) is 3.39. The smallest absolute Gasteiger partial charge is 0.267 e. The molecule has 3 rings (SSSR count). The maximum atomic E-state index is 13.8. The number of ether oxygens (including phenoxy) is 1. The van der Waals surface area contributed by atoms with Gasteiger partial charge in [-0.3, -0.25) is 4.79 Å². The van der Waals surface area contributed by atoms with Crippen molar-refractivity contribution in [1.82, 2.24) is 9.88 Å². The van der Waals surface area contributed by atoms with Crippen molar-refractivity contribution < 1.29 is 13.9 Å². The van der Waals surface area contributed by atoms with Gasteiger partial charge in [-0.05, 0) is 42.3 Å². The second-order valence-electron chi connectivity index (χ2n) is 5.62. The monoisotopic (exact) mass is 326 g/mol. The molecule has 0 aliphatic heterocycles. The second-order valence-corrected chi connectivity index (χ2v) is 5.62. The molecular weight excluding hydrogens is 307 g/mol. The van der Waals surface area contributed by atoms with Gasteiger partial charge in [0, 0.05) is 19.0 Å². The van der Waals surface area contributed by atoms with Gasteiger partial charge in [0.25, 0.3) is 5.91 Å². The molecule has 0 saturated carbocycles. The summed E-state index contributed by atoms with van der Waals surface area (Å²) >= 11 is 0. The van der Waals surface area contributed by atoms with Crippen molar-refractivity contribution in [3.8, 4) is 5.75 Å². The van der Waals surface area contributed by atoms with Gasteiger partial charge in [-0.25, -0.2) is 4.39 Å². The summed E-state index contributed by atoms with van der Waals surface area (Å²) in [4.78, 5) is 12.4. The van der Waals surface area contributed by atoms with Crippen molar-refractivity contribution in [2.24, 2.45) is 7.05 Å². The molecule has 0 aliphatic carbocycles. The van der Waals surface area contributed by atoms with E-state index in [4.69, 9.17) is 4.74 Å². The SMILES string of the molecule is COc1cccc(CCNC(=O)c2cc3c(F)cccc3n2C)c1. The number of nitrogens with zero attached hydrogens (tertiary/aromatic N) is 1. The number of hydrogen-bond donors (Lipinski definition) is 1. The van der Waals surface area contributed by atoms with Crippen LogP contribution in [0.15, 0.2) is 48.5 Å². The summed E-state index contributed by atoms with van der Waals surface area (Å²) in [6.07, 6.45) is 0.696. The fraction of sp³-hybridized carbons (Fsp3) is 0.211. The average Bonchev–Trinajstić information content (AvgIpc) is 2.94. The predicted octanol–water partition coefficient (Wildman–Crippen LogP) is 3.30. The van der Waals surface area contributed by atoms with Gasteiger partial charge in [0.05, 0.1) is 12.6 Å². The number of aromatic nitrogens is 1. The lowest BCUT2D eigenvalue weighted by molar-refractivity contribution is 0.0946. The molecule has 0 radical (unpaired) electrons. The molecule has 4 nitrogen and oxygen atoms in total. The number of amides is 1. The highest BCUT2D eigenvalue weighted by atomic mass is 19.1. The molecule has 0 bridgehead atoms. The number of methoxy groups -OCH3 is 1. The number of nitrogens with one attached hydrogen (secondary N) is 1. The Hall–Kier alpha value is -2.82. The van der Waals surface area contributed by atoms with Gasteiger partial charge >= 0.3 is 0 Å². The lowest BCUT2D eigenvalue weighted by Gasteiger charge is -2.07. The lowest BCUT2D eigenvalue weighted by Crippen LogP contribution is -2.27. The van der Waals surface area contributed by atoms with Crippen molar-refractivity contribution >= 4 is 16.8 Å². The number of hydrogen-bond acceptors (Lipinski definition) is 2. The molecule has 1 aromatic heterocycles. The summed E-state index contributed by atoms with van der Waals surface area (Å²) in [5.41, 5.74) is 2.23. The van der Waals surface area contributed by atoms with Gasteiger partial charge < -0.3 is 14.6 Å². The molecule has 5 heteroatoms. The minimum absolute atomic E-state index is 0.212. The zero-order chi connectivity index (χ0) is 17.1. The zero-order valence-corrected chi connectivity index (χ0v) is 13.7. The molecule has 0 unspecified atom stereocenters. The van der Waals surface area contributed by atoms with E-state index in [-0.39, 0.29) is 11.7 Å². The van der Waals surface area contributed by atoms with Gasteiger partial charge in [0.2, 0.25) is 0 Å². The van der Waals surface area contributed by atoms with E-state index in [2.05, 4.69) is 5.32 Å². The number of halogens is 1. The number of aryl methyl sites for hydroxylation is 1. The Kier molecular flexibility index (Phi) is 4.51. The lowest BCUT2D eigenvalue weighted by atomic mass is 10.1. The van der Waals surface area contributed by atoms with Crippen molar-refractivity contribution in [1.29, 1.82) is 0 Å². The van der Waals surface area contributed by atoms with Crippen LogP contribution in [-0.4, -0.2) is 24.1 Å². The summed E-state index contributed by atoms with van der Waals surface area (Å²) < 4.78 is 20.7. The van der Waals surface area contributed by atoms with E-state index >= 15 is 0 Å².